The Kier molecular flexibility index (Phi) is 6.49. The highest BCUT2D eigenvalue weighted by atomic mass is 32.1. The topological polar surface area (TPSA) is 66.9 Å². The fraction of sp³-hybridized carbons (Fsp3) is 0.238. The van der Waals surface area contributed by atoms with E-state index >= 15 is 0 Å². The van der Waals surface area contributed by atoms with Gasteiger partial charge in [0.05, 0.1) is 33.4 Å². The van der Waals surface area contributed by atoms with Crippen LogP contribution < -0.4 is 14.2 Å². The van der Waals surface area contributed by atoms with Gasteiger partial charge in [-0.2, -0.15) is 0 Å². The van der Waals surface area contributed by atoms with E-state index < -0.39 is 0 Å². The van der Waals surface area contributed by atoms with Crippen LogP contribution in [0.1, 0.15) is 11.3 Å². The van der Waals surface area contributed by atoms with Crippen LogP contribution in [0.25, 0.3) is 10.6 Å². The quantitative estimate of drug-likeness (QED) is 0.531. The molecular formula is C21H21NO5S. The van der Waals surface area contributed by atoms with Crippen LogP contribution in [-0.4, -0.2) is 32.3 Å². The summed E-state index contributed by atoms with van der Waals surface area (Å²) < 4.78 is 21.3. The third kappa shape index (κ3) is 4.61. The SMILES string of the molecule is COc1cc(CC(=O)OCc2csc(-c3ccccc3)n2)cc(OC)c1OC. The summed E-state index contributed by atoms with van der Waals surface area (Å²) in [6.45, 7) is 0.132. The van der Waals surface area contributed by atoms with E-state index in [0.29, 0.717) is 22.8 Å². The molecule has 0 radical (unpaired) electrons. The van der Waals surface area contributed by atoms with Crippen LogP contribution >= 0.6 is 11.3 Å². The molecule has 0 fully saturated rings. The van der Waals surface area contributed by atoms with Crippen LogP contribution in [0.4, 0.5) is 0 Å². The number of ether oxygens (including phenoxy) is 4. The highest BCUT2D eigenvalue weighted by molar-refractivity contribution is 7.13. The van der Waals surface area contributed by atoms with Gasteiger partial charge in [0.2, 0.25) is 5.75 Å². The lowest BCUT2D eigenvalue weighted by Crippen LogP contribution is -2.09. The molecule has 2 aromatic carbocycles. The van der Waals surface area contributed by atoms with E-state index in [4.69, 9.17) is 18.9 Å². The zero-order valence-electron chi connectivity index (χ0n) is 15.9. The molecule has 3 aromatic rings. The standard InChI is InChI=1S/C21H21NO5S/c1-24-17-9-14(10-18(25-2)20(17)26-3)11-19(23)27-12-16-13-28-21(22-16)15-7-5-4-6-8-15/h4-10,13H,11-12H2,1-3H3. The van der Waals surface area contributed by atoms with Crippen LogP contribution in [0.15, 0.2) is 47.8 Å². The lowest BCUT2D eigenvalue weighted by atomic mass is 10.1. The molecule has 0 aliphatic heterocycles. The number of carbonyl (C=O) groups excluding carboxylic acids is 1. The summed E-state index contributed by atoms with van der Waals surface area (Å²) >= 11 is 1.52. The first-order valence-electron chi connectivity index (χ1n) is 8.59. The first-order valence-corrected chi connectivity index (χ1v) is 9.47. The van der Waals surface area contributed by atoms with Gasteiger partial charge >= 0.3 is 5.97 Å². The van der Waals surface area contributed by atoms with E-state index in [1.165, 1.54) is 32.7 Å². The summed E-state index contributed by atoms with van der Waals surface area (Å²) in [6, 6.07) is 13.4. The molecule has 0 bridgehead atoms. The van der Waals surface area contributed by atoms with Gasteiger partial charge in [-0.05, 0) is 17.7 Å². The minimum absolute atomic E-state index is 0.0897. The maximum absolute atomic E-state index is 12.3. The maximum Gasteiger partial charge on any atom is 0.310 e. The number of carbonyl (C=O) groups is 1. The number of aromatic nitrogens is 1. The zero-order chi connectivity index (χ0) is 19.9. The van der Waals surface area contributed by atoms with Crippen molar-refractivity contribution >= 4 is 17.3 Å². The minimum Gasteiger partial charge on any atom is -0.493 e. The number of nitrogens with zero attached hydrogens (tertiary/aromatic N) is 1. The lowest BCUT2D eigenvalue weighted by Gasteiger charge is -2.13. The van der Waals surface area contributed by atoms with Gasteiger partial charge in [-0.1, -0.05) is 30.3 Å². The second kappa shape index (κ2) is 9.23. The van der Waals surface area contributed by atoms with Crippen LogP contribution in [-0.2, 0) is 22.6 Å². The Morgan fingerprint density at radius 1 is 1.00 bits per heavy atom. The second-order valence-electron chi connectivity index (χ2n) is 5.88. The smallest absolute Gasteiger partial charge is 0.310 e. The molecule has 0 unspecified atom stereocenters. The minimum atomic E-state index is -0.358. The van der Waals surface area contributed by atoms with Crippen molar-refractivity contribution in [1.82, 2.24) is 4.98 Å². The molecular weight excluding hydrogens is 378 g/mol. The molecule has 0 atom stereocenters. The molecule has 0 spiro atoms. The average molecular weight is 399 g/mol. The first-order chi connectivity index (χ1) is 13.6. The van der Waals surface area contributed by atoms with Crippen molar-refractivity contribution < 1.29 is 23.7 Å². The van der Waals surface area contributed by atoms with E-state index in [1.54, 1.807) is 12.1 Å². The Hall–Kier alpha value is -3.06. The van der Waals surface area contributed by atoms with Gasteiger partial charge in [-0.3, -0.25) is 4.79 Å². The Balaban J connectivity index is 1.63. The highest BCUT2D eigenvalue weighted by Crippen LogP contribution is 2.38. The van der Waals surface area contributed by atoms with E-state index in [9.17, 15) is 4.79 Å². The molecule has 0 aliphatic rings. The van der Waals surface area contributed by atoms with Crippen molar-refractivity contribution in [1.29, 1.82) is 0 Å². The predicted octanol–water partition coefficient (Wildman–Crippen LogP) is 4.12. The van der Waals surface area contributed by atoms with Crippen molar-refractivity contribution in [2.75, 3.05) is 21.3 Å². The molecule has 7 heteroatoms. The molecule has 1 aromatic heterocycles. The number of hydrogen-bond acceptors (Lipinski definition) is 7. The Bertz CT molecular complexity index is 914. The van der Waals surface area contributed by atoms with E-state index in [2.05, 4.69) is 4.98 Å². The van der Waals surface area contributed by atoms with Gasteiger partial charge in [-0.15, -0.1) is 11.3 Å². The molecule has 146 valence electrons. The summed E-state index contributed by atoms with van der Waals surface area (Å²) in [5.41, 5.74) is 2.48. The fourth-order valence-corrected chi connectivity index (χ4v) is 3.51. The molecule has 0 amide bonds. The summed E-state index contributed by atoms with van der Waals surface area (Å²) in [7, 11) is 4.60. The maximum atomic E-state index is 12.3. The van der Waals surface area contributed by atoms with Crippen LogP contribution in [0.3, 0.4) is 0 Å². The third-order valence-corrected chi connectivity index (χ3v) is 4.97. The van der Waals surface area contributed by atoms with Crippen molar-refractivity contribution in [3.05, 3.63) is 59.1 Å². The molecule has 28 heavy (non-hydrogen) atoms. The predicted molar refractivity (Wildman–Crippen MR) is 107 cm³/mol. The zero-order valence-corrected chi connectivity index (χ0v) is 16.7. The number of benzene rings is 2. The average Bonchev–Trinajstić information content (AvgIpc) is 3.21. The van der Waals surface area contributed by atoms with Crippen LogP contribution in [0, 0.1) is 0 Å². The lowest BCUT2D eigenvalue weighted by molar-refractivity contribution is -0.144. The summed E-state index contributed by atoms with van der Waals surface area (Å²) in [4.78, 5) is 16.8. The van der Waals surface area contributed by atoms with E-state index in [0.717, 1.165) is 16.3 Å². The van der Waals surface area contributed by atoms with Gasteiger partial charge in [0.1, 0.15) is 11.6 Å². The normalized spacial score (nSPS) is 10.4. The van der Waals surface area contributed by atoms with Gasteiger partial charge < -0.3 is 18.9 Å². The number of esters is 1. The Morgan fingerprint density at radius 2 is 1.68 bits per heavy atom. The molecule has 0 aliphatic carbocycles. The molecule has 3 rings (SSSR count). The van der Waals surface area contributed by atoms with Gasteiger partial charge in [0.25, 0.3) is 0 Å². The number of hydrogen-bond donors (Lipinski definition) is 0. The van der Waals surface area contributed by atoms with Gasteiger partial charge in [0.15, 0.2) is 11.5 Å². The Labute approximate surface area is 167 Å². The number of thiazole rings is 1. The van der Waals surface area contributed by atoms with E-state index in [-0.39, 0.29) is 19.0 Å². The van der Waals surface area contributed by atoms with Crippen molar-refractivity contribution in [2.45, 2.75) is 13.0 Å². The summed E-state index contributed by atoms with van der Waals surface area (Å²) in [6.07, 6.45) is 0.0897. The highest BCUT2D eigenvalue weighted by Gasteiger charge is 2.16. The van der Waals surface area contributed by atoms with Gasteiger partial charge in [0, 0.05) is 10.9 Å². The molecule has 0 saturated carbocycles. The Morgan fingerprint density at radius 3 is 2.29 bits per heavy atom. The first kappa shape index (κ1) is 19.7. The molecule has 1 heterocycles. The van der Waals surface area contributed by atoms with Crippen molar-refractivity contribution in [2.24, 2.45) is 0 Å². The van der Waals surface area contributed by atoms with E-state index in [1.807, 2.05) is 35.7 Å². The fourth-order valence-electron chi connectivity index (χ4n) is 2.70. The van der Waals surface area contributed by atoms with Crippen molar-refractivity contribution in [3.63, 3.8) is 0 Å². The monoisotopic (exact) mass is 399 g/mol. The molecule has 0 saturated heterocycles. The molecule has 6 nitrogen and oxygen atoms in total. The number of rotatable bonds is 8. The number of methoxy groups -OCH3 is 3. The van der Waals surface area contributed by atoms with Crippen molar-refractivity contribution in [3.8, 4) is 27.8 Å². The summed E-state index contributed by atoms with van der Waals surface area (Å²) in [5.74, 6) is 1.12. The second-order valence-corrected chi connectivity index (χ2v) is 6.74. The van der Waals surface area contributed by atoms with Gasteiger partial charge in [-0.25, -0.2) is 4.98 Å². The largest absolute Gasteiger partial charge is 0.493 e. The van der Waals surface area contributed by atoms with Crippen LogP contribution in [0.2, 0.25) is 0 Å². The molecule has 0 N–H and O–H groups in total. The van der Waals surface area contributed by atoms with Crippen LogP contribution in [0.5, 0.6) is 17.2 Å². The summed E-state index contributed by atoms with van der Waals surface area (Å²) in [5, 5.41) is 2.80. The third-order valence-electron chi connectivity index (χ3n) is 4.03.